The number of hydrogen-bond acceptors (Lipinski definition) is 4. The van der Waals surface area contributed by atoms with E-state index < -0.39 is 0 Å². The molecule has 2 aliphatic carbocycles. The molecule has 198 valence electrons. The zero-order valence-corrected chi connectivity index (χ0v) is 23.0. The van der Waals surface area contributed by atoms with Crippen molar-refractivity contribution in [2.45, 2.75) is 118 Å². The lowest BCUT2D eigenvalue weighted by molar-refractivity contribution is -0.130. The summed E-state index contributed by atoms with van der Waals surface area (Å²) in [6, 6.07) is 4.18. The fourth-order valence-electron chi connectivity index (χ4n) is 6.92. The minimum atomic E-state index is -0.115. The van der Waals surface area contributed by atoms with Crippen molar-refractivity contribution in [1.29, 1.82) is 0 Å². The molecule has 0 amide bonds. The fraction of sp³-hybridized carbons (Fsp3) is 0.688. The topological polar surface area (TPSA) is 68.3 Å². The van der Waals surface area contributed by atoms with Gasteiger partial charge in [0.15, 0.2) is 5.78 Å². The van der Waals surface area contributed by atoms with Gasteiger partial charge in [0, 0.05) is 30.2 Å². The summed E-state index contributed by atoms with van der Waals surface area (Å²) in [6.07, 6.45) is 11.8. The van der Waals surface area contributed by atoms with Gasteiger partial charge in [-0.3, -0.25) is 19.2 Å². The number of fused-ring (bicyclic) bond motifs is 1. The van der Waals surface area contributed by atoms with Gasteiger partial charge in [-0.2, -0.15) is 0 Å². The summed E-state index contributed by atoms with van der Waals surface area (Å²) in [5, 5.41) is 0. The van der Waals surface area contributed by atoms with Crippen LogP contribution in [0.3, 0.4) is 0 Å². The van der Waals surface area contributed by atoms with Gasteiger partial charge in [0.25, 0.3) is 0 Å². The van der Waals surface area contributed by atoms with Gasteiger partial charge in [-0.25, -0.2) is 0 Å². The third-order valence-electron chi connectivity index (χ3n) is 8.71. The second-order valence-corrected chi connectivity index (χ2v) is 11.5. The minimum Gasteiger partial charge on any atom is -0.300 e. The Morgan fingerprint density at radius 1 is 1.03 bits per heavy atom. The SMILES string of the molecule is CCCC(CC1CC(=O)c2c(C)ccc(CCC(=O)C3CCCCC3)c2C1)C(CC)C(=O)CC(C)=O. The lowest BCUT2D eigenvalue weighted by Crippen LogP contribution is -2.30. The van der Waals surface area contributed by atoms with Crippen molar-refractivity contribution in [2.75, 3.05) is 0 Å². The molecular formula is C32H46O4. The summed E-state index contributed by atoms with van der Waals surface area (Å²) < 4.78 is 0. The second-order valence-electron chi connectivity index (χ2n) is 11.5. The van der Waals surface area contributed by atoms with Crippen molar-refractivity contribution in [3.63, 3.8) is 0 Å². The molecule has 0 radical (unpaired) electrons. The maximum atomic E-state index is 13.3. The van der Waals surface area contributed by atoms with E-state index in [4.69, 9.17) is 0 Å². The maximum Gasteiger partial charge on any atom is 0.163 e. The first-order valence-electron chi connectivity index (χ1n) is 14.4. The highest BCUT2D eigenvalue weighted by Gasteiger charge is 2.34. The summed E-state index contributed by atoms with van der Waals surface area (Å²) in [6.45, 7) is 7.68. The number of aryl methyl sites for hydroxylation is 2. The average molecular weight is 495 g/mol. The first-order chi connectivity index (χ1) is 17.2. The highest BCUT2D eigenvalue weighted by molar-refractivity contribution is 6.00. The first kappa shape index (κ1) is 28.5. The molecule has 0 aliphatic heterocycles. The van der Waals surface area contributed by atoms with Gasteiger partial charge < -0.3 is 0 Å². The van der Waals surface area contributed by atoms with Crippen LogP contribution in [0, 0.1) is 30.6 Å². The molecule has 0 bridgehead atoms. The number of rotatable bonds is 13. The van der Waals surface area contributed by atoms with Gasteiger partial charge in [0.2, 0.25) is 0 Å². The second kappa shape index (κ2) is 13.4. The van der Waals surface area contributed by atoms with Crippen LogP contribution in [0.4, 0.5) is 0 Å². The Morgan fingerprint density at radius 3 is 2.39 bits per heavy atom. The summed E-state index contributed by atoms with van der Waals surface area (Å²) >= 11 is 0. The van der Waals surface area contributed by atoms with Gasteiger partial charge in [-0.05, 0) is 80.9 Å². The van der Waals surface area contributed by atoms with Crippen molar-refractivity contribution in [1.82, 2.24) is 0 Å². The number of Topliss-reactive ketones (excluding diaryl/α,β-unsaturated/α-hetero) is 4. The summed E-state index contributed by atoms with van der Waals surface area (Å²) in [5.74, 6) is 1.10. The zero-order valence-electron chi connectivity index (χ0n) is 23.0. The van der Waals surface area contributed by atoms with Crippen LogP contribution in [0.5, 0.6) is 0 Å². The Balaban J connectivity index is 1.76. The van der Waals surface area contributed by atoms with E-state index in [2.05, 4.69) is 13.0 Å². The summed E-state index contributed by atoms with van der Waals surface area (Å²) in [7, 11) is 0. The lowest BCUT2D eigenvalue weighted by atomic mass is 9.71. The first-order valence-corrected chi connectivity index (χ1v) is 14.4. The number of carbonyl (C=O) groups excluding carboxylic acids is 4. The molecular weight excluding hydrogens is 448 g/mol. The minimum absolute atomic E-state index is 0.0174. The van der Waals surface area contributed by atoms with Crippen molar-refractivity contribution in [3.05, 3.63) is 34.4 Å². The van der Waals surface area contributed by atoms with Crippen molar-refractivity contribution in [2.24, 2.45) is 23.7 Å². The molecule has 4 nitrogen and oxygen atoms in total. The van der Waals surface area contributed by atoms with E-state index in [9.17, 15) is 19.2 Å². The monoisotopic (exact) mass is 494 g/mol. The molecule has 3 unspecified atom stereocenters. The molecule has 4 heteroatoms. The molecule has 1 saturated carbocycles. The molecule has 0 heterocycles. The number of carbonyl (C=O) groups is 4. The Morgan fingerprint density at radius 2 is 1.75 bits per heavy atom. The third-order valence-corrected chi connectivity index (χ3v) is 8.71. The van der Waals surface area contributed by atoms with Gasteiger partial charge in [0.05, 0.1) is 6.42 Å². The fourth-order valence-corrected chi connectivity index (χ4v) is 6.92. The largest absolute Gasteiger partial charge is 0.300 e. The summed E-state index contributed by atoms with van der Waals surface area (Å²) in [4.78, 5) is 50.7. The molecule has 0 N–H and O–H groups in total. The zero-order chi connectivity index (χ0) is 26.2. The normalized spacial score (nSPS) is 20.0. The quantitative estimate of drug-likeness (QED) is 0.272. The van der Waals surface area contributed by atoms with Crippen molar-refractivity contribution in [3.8, 4) is 0 Å². The van der Waals surface area contributed by atoms with Crippen LogP contribution in [-0.2, 0) is 27.2 Å². The van der Waals surface area contributed by atoms with Crippen LogP contribution in [0.1, 0.15) is 125 Å². The lowest BCUT2D eigenvalue weighted by Gasteiger charge is -2.32. The molecule has 3 atom stereocenters. The van der Waals surface area contributed by atoms with Crippen LogP contribution in [0.15, 0.2) is 12.1 Å². The standard InChI is InChI=1S/C32H46O4/c1-5-10-26(27(6-2)30(35)17-22(4)33)18-23-19-28-24(14-13-21(3)32(28)31(36)20-23)15-16-29(34)25-11-8-7-9-12-25/h13-14,23,25-27H,5-12,15-20H2,1-4H3. The Labute approximate surface area is 218 Å². The average Bonchev–Trinajstić information content (AvgIpc) is 2.84. The Kier molecular flexibility index (Phi) is 10.6. The Hall–Kier alpha value is -2.10. The molecule has 3 rings (SSSR count). The number of ketones is 4. The van der Waals surface area contributed by atoms with Crippen LogP contribution in [0.25, 0.3) is 0 Å². The molecule has 0 saturated heterocycles. The molecule has 0 aromatic heterocycles. The van der Waals surface area contributed by atoms with Gasteiger partial charge in [-0.1, -0.05) is 58.1 Å². The molecule has 0 spiro atoms. The van der Waals surface area contributed by atoms with E-state index >= 15 is 0 Å². The van der Waals surface area contributed by atoms with Crippen LogP contribution >= 0.6 is 0 Å². The third kappa shape index (κ3) is 7.23. The van der Waals surface area contributed by atoms with E-state index in [0.717, 1.165) is 67.2 Å². The van der Waals surface area contributed by atoms with Gasteiger partial charge >= 0.3 is 0 Å². The Bertz CT molecular complexity index is 953. The van der Waals surface area contributed by atoms with E-state index in [1.54, 1.807) is 0 Å². The predicted molar refractivity (Wildman–Crippen MR) is 144 cm³/mol. The molecule has 2 aliphatic rings. The highest BCUT2D eigenvalue weighted by atomic mass is 16.1. The van der Waals surface area contributed by atoms with E-state index in [0.29, 0.717) is 25.0 Å². The smallest absolute Gasteiger partial charge is 0.163 e. The molecule has 1 fully saturated rings. The highest BCUT2D eigenvalue weighted by Crippen LogP contribution is 2.38. The predicted octanol–water partition coefficient (Wildman–Crippen LogP) is 7.20. The van der Waals surface area contributed by atoms with Crippen LogP contribution < -0.4 is 0 Å². The van der Waals surface area contributed by atoms with Gasteiger partial charge in [0.1, 0.15) is 17.3 Å². The maximum absolute atomic E-state index is 13.3. The van der Waals surface area contributed by atoms with Gasteiger partial charge in [-0.15, -0.1) is 0 Å². The number of benzene rings is 1. The van der Waals surface area contributed by atoms with E-state index in [-0.39, 0.29) is 47.4 Å². The van der Waals surface area contributed by atoms with E-state index in [1.165, 1.54) is 26.2 Å². The molecule has 1 aromatic rings. The summed E-state index contributed by atoms with van der Waals surface area (Å²) in [5.41, 5.74) is 4.21. The van der Waals surface area contributed by atoms with E-state index in [1.807, 2.05) is 19.9 Å². The van der Waals surface area contributed by atoms with Crippen molar-refractivity contribution >= 4 is 23.1 Å². The molecule has 36 heavy (non-hydrogen) atoms. The van der Waals surface area contributed by atoms with Crippen LogP contribution in [0.2, 0.25) is 0 Å². The van der Waals surface area contributed by atoms with Crippen molar-refractivity contribution < 1.29 is 19.2 Å². The van der Waals surface area contributed by atoms with Crippen LogP contribution in [-0.4, -0.2) is 23.1 Å². The molecule has 1 aromatic carbocycles. The number of hydrogen-bond donors (Lipinski definition) is 0.